The number of hydrogen-bond acceptors (Lipinski definition) is 5. The molecule has 3 aromatic rings. The van der Waals surface area contributed by atoms with Crippen LogP contribution in [0.1, 0.15) is 27.6 Å². The molecule has 142 valence electrons. The molecule has 0 saturated heterocycles. The molecule has 3 rings (SSSR count). The predicted molar refractivity (Wildman–Crippen MR) is 109 cm³/mol. The van der Waals surface area contributed by atoms with Crippen LogP contribution in [0.15, 0.2) is 66.9 Å². The number of anilines is 3. The van der Waals surface area contributed by atoms with Gasteiger partial charge in [0.05, 0.1) is 12.2 Å². The Morgan fingerprint density at radius 1 is 0.964 bits per heavy atom. The van der Waals surface area contributed by atoms with Crippen LogP contribution in [0, 0.1) is 0 Å². The first-order chi connectivity index (χ1) is 13.5. The molecule has 0 aliphatic rings. The zero-order valence-electron chi connectivity index (χ0n) is 15.1. The summed E-state index contributed by atoms with van der Waals surface area (Å²) in [4.78, 5) is 28.4. The van der Waals surface area contributed by atoms with E-state index in [1.807, 2.05) is 0 Å². The Morgan fingerprint density at radius 2 is 1.64 bits per heavy atom. The quantitative estimate of drug-likeness (QED) is 0.580. The van der Waals surface area contributed by atoms with E-state index in [2.05, 4.69) is 15.6 Å². The third-order valence-electron chi connectivity index (χ3n) is 3.79. The second-order valence-corrected chi connectivity index (χ2v) is 6.25. The standard InChI is InChI=1S/C21H18ClN3O3/c1-2-28-21(27)14-3-7-17(8-4-14)24-19-13-15(11-12-23-19)20(26)25-18-9-5-16(22)6-10-18/h3-13H,2H2,1H3,(H,23,24)(H,25,26). The molecule has 1 aromatic heterocycles. The van der Waals surface area contributed by atoms with Gasteiger partial charge in [-0.1, -0.05) is 11.6 Å². The molecule has 0 bridgehead atoms. The minimum Gasteiger partial charge on any atom is -0.462 e. The Balaban J connectivity index is 1.68. The van der Waals surface area contributed by atoms with E-state index in [4.69, 9.17) is 16.3 Å². The summed E-state index contributed by atoms with van der Waals surface area (Å²) in [6.07, 6.45) is 1.55. The number of benzene rings is 2. The third kappa shape index (κ3) is 5.08. The largest absolute Gasteiger partial charge is 0.462 e. The summed E-state index contributed by atoms with van der Waals surface area (Å²) in [6, 6.07) is 17.0. The van der Waals surface area contributed by atoms with Gasteiger partial charge in [0.15, 0.2) is 0 Å². The average Bonchev–Trinajstić information content (AvgIpc) is 2.70. The van der Waals surface area contributed by atoms with Gasteiger partial charge in [0.1, 0.15) is 5.82 Å². The number of carbonyl (C=O) groups is 2. The first-order valence-electron chi connectivity index (χ1n) is 8.62. The van der Waals surface area contributed by atoms with Gasteiger partial charge in [0, 0.05) is 28.2 Å². The van der Waals surface area contributed by atoms with E-state index in [1.54, 1.807) is 73.8 Å². The Hall–Kier alpha value is -3.38. The summed E-state index contributed by atoms with van der Waals surface area (Å²) >= 11 is 5.85. The van der Waals surface area contributed by atoms with Crippen LogP contribution in [0.3, 0.4) is 0 Å². The van der Waals surface area contributed by atoms with Crippen LogP contribution in [0.5, 0.6) is 0 Å². The fraction of sp³-hybridized carbons (Fsp3) is 0.0952. The number of pyridine rings is 1. The van der Waals surface area contributed by atoms with Crippen molar-refractivity contribution in [2.75, 3.05) is 17.2 Å². The number of esters is 1. The molecule has 0 radical (unpaired) electrons. The van der Waals surface area contributed by atoms with Gasteiger partial charge in [0.25, 0.3) is 5.91 Å². The molecule has 0 aliphatic carbocycles. The van der Waals surface area contributed by atoms with Crippen molar-refractivity contribution in [3.05, 3.63) is 83.0 Å². The summed E-state index contributed by atoms with van der Waals surface area (Å²) in [5.74, 6) is -0.119. The van der Waals surface area contributed by atoms with Gasteiger partial charge in [-0.25, -0.2) is 9.78 Å². The summed E-state index contributed by atoms with van der Waals surface area (Å²) < 4.78 is 4.96. The highest BCUT2D eigenvalue weighted by Gasteiger charge is 2.09. The van der Waals surface area contributed by atoms with Crippen LogP contribution in [-0.4, -0.2) is 23.5 Å². The SMILES string of the molecule is CCOC(=O)c1ccc(Nc2cc(C(=O)Nc3ccc(Cl)cc3)ccn2)cc1. The Morgan fingerprint density at radius 3 is 2.32 bits per heavy atom. The molecule has 6 nitrogen and oxygen atoms in total. The highest BCUT2D eigenvalue weighted by atomic mass is 35.5. The second-order valence-electron chi connectivity index (χ2n) is 5.81. The molecule has 0 aliphatic heterocycles. The molecule has 0 unspecified atom stereocenters. The summed E-state index contributed by atoms with van der Waals surface area (Å²) in [5.41, 5.74) is 2.30. The third-order valence-corrected chi connectivity index (χ3v) is 4.04. The number of carbonyl (C=O) groups excluding carboxylic acids is 2. The Labute approximate surface area is 167 Å². The highest BCUT2D eigenvalue weighted by Crippen LogP contribution is 2.18. The Bertz CT molecular complexity index is 973. The van der Waals surface area contributed by atoms with Gasteiger partial charge in [-0.15, -0.1) is 0 Å². The number of rotatable bonds is 6. The van der Waals surface area contributed by atoms with E-state index in [9.17, 15) is 9.59 Å². The van der Waals surface area contributed by atoms with Gasteiger partial charge in [-0.2, -0.15) is 0 Å². The lowest BCUT2D eigenvalue weighted by molar-refractivity contribution is 0.0526. The normalized spacial score (nSPS) is 10.2. The summed E-state index contributed by atoms with van der Waals surface area (Å²) in [7, 11) is 0. The van der Waals surface area contributed by atoms with Gasteiger partial charge in [-0.05, 0) is 67.6 Å². The van der Waals surface area contributed by atoms with Crippen LogP contribution in [-0.2, 0) is 4.74 Å². The van der Waals surface area contributed by atoms with Crippen molar-refractivity contribution in [1.82, 2.24) is 4.98 Å². The lowest BCUT2D eigenvalue weighted by atomic mass is 10.2. The zero-order chi connectivity index (χ0) is 19.9. The van der Waals surface area contributed by atoms with Crippen molar-refractivity contribution in [1.29, 1.82) is 0 Å². The minimum atomic E-state index is -0.368. The lowest BCUT2D eigenvalue weighted by Crippen LogP contribution is -2.12. The molecule has 0 spiro atoms. The molecular weight excluding hydrogens is 378 g/mol. The molecule has 2 aromatic carbocycles. The molecule has 0 fully saturated rings. The van der Waals surface area contributed by atoms with Crippen molar-refractivity contribution in [3.8, 4) is 0 Å². The van der Waals surface area contributed by atoms with Gasteiger partial charge in [0.2, 0.25) is 0 Å². The smallest absolute Gasteiger partial charge is 0.338 e. The van der Waals surface area contributed by atoms with Crippen molar-refractivity contribution >= 4 is 40.7 Å². The van der Waals surface area contributed by atoms with E-state index in [-0.39, 0.29) is 11.9 Å². The number of nitrogens with zero attached hydrogens (tertiary/aromatic N) is 1. The molecule has 1 amide bonds. The molecular formula is C21H18ClN3O3. The molecule has 0 atom stereocenters. The topological polar surface area (TPSA) is 80.3 Å². The van der Waals surface area contributed by atoms with E-state index >= 15 is 0 Å². The molecule has 7 heteroatoms. The van der Waals surface area contributed by atoms with Crippen LogP contribution >= 0.6 is 11.6 Å². The monoisotopic (exact) mass is 395 g/mol. The van der Waals surface area contributed by atoms with Crippen molar-refractivity contribution in [2.24, 2.45) is 0 Å². The maximum atomic E-state index is 12.4. The van der Waals surface area contributed by atoms with Crippen molar-refractivity contribution in [3.63, 3.8) is 0 Å². The second kappa shape index (κ2) is 9.01. The summed E-state index contributed by atoms with van der Waals surface area (Å²) in [5, 5.41) is 6.51. The van der Waals surface area contributed by atoms with E-state index in [0.29, 0.717) is 34.3 Å². The molecule has 1 heterocycles. The number of nitrogens with one attached hydrogen (secondary N) is 2. The van der Waals surface area contributed by atoms with E-state index in [1.165, 1.54) is 0 Å². The van der Waals surface area contributed by atoms with Crippen molar-refractivity contribution < 1.29 is 14.3 Å². The minimum absolute atomic E-state index is 0.259. The number of ether oxygens (including phenoxy) is 1. The Kier molecular flexibility index (Phi) is 6.24. The fourth-order valence-electron chi connectivity index (χ4n) is 2.43. The molecule has 0 saturated carbocycles. The maximum Gasteiger partial charge on any atom is 0.338 e. The van der Waals surface area contributed by atoms with Crippen LogP contribution in [0.2, 0.25) is 5.02 Å². The first kappa shape index (κ1) is 19.4. The fourth-order valence-corrected chi connectivity index (χ4v) is 2.55. The van der Waals surface area contributed by atoms with Crippen LogP contribution in [0.25, 0.3) is 0 Å². The zero-order valence-corrected chi connectivity index (χ0v) is 15.9. The maximum absolute atomic E-state index is 12.4. The number of halogens is 1. The van der Waals surface area contributed by atoms with Gasteiger partial charge < -0.3 is 15.4 Å². The first-order valence-corrected chi connectivity index (χ1v) is 9.00. The van der Waals surface area contributed by atoms with Gasteiger partial charge >= 0.3 is 5.97 Å². The van der Waals surface area contributed by atoms with Crippen LogP contribution in [0.4, 0.5) is 17.2 Å². The number of amides is 1. The lowest BCUT2D eigenvalue weighted by Gasteiger charge is -2.09. The van der Waals surface area contributed by atoms with Crippen molar-refractivity contribution in [2.45, 2.75) is 6.92 Å². The summed E-state index contributed by atoms with van der Waals surface area (Å²) in [6.45, 7) is 2.09. The average molecular weight is 396 g/mol. The number of hydrogen-bond donors (Lipinski definition) is 2. The van der Waals surface area contributed by atoms with Gasteiger partial charge in [-0.3, -0.25) is 4.79 Å². The predicted octanol–water partition coefficient (Wildman–Crippen LogP) is 4.91. The molecule has 28 heavy (non-hydrogen) atoms. The molecule has 2 N–H and O–H groups in total. The van der Waals surface area contributed by atoms with Crippen LogP contribution < -0.4 is 10.6 Å². The van der Waals surface area contributed by atoms with E-state index in [0.717, 1.165) is 5.69 Å². The van der Waals surface area contributed by atoms with E-state index < -0.39 is 0 Å². The number of aromatic nitrogens is 1. The highest BCUT2D eigenvalue weighted by molar-refractivity contribution is 6.30.